The van der Waals surface area contributed by atoms with E-state index in [1.54, 1.807) is 13.8 Å². The van der Waals surface area contributed by atoms with E-state index in [2.05, 4.69) is 0 Å². The molecule has 0 rings (SSSR count). The zero-order valence-electron chi connectivity index (χ0n) is 10.5. The average Bonchev–Trinajstić information content (AvgIpc) is 1.99. The Morgan fingerprint density at radius 1 is 1.27 bits per heavy atom. The van der Waals surface area contributed by atoms with Gasteiger partial charge in [-0.15, -0.1) is 0 Å². The molecule has 0 atom stereocenters. The van der Waals surface area contributed by atoms with Crippen molar-refractivity contribution in [2.45, 2.75) is 45.7 Å². The number of ketones is 1. The first-order chi connectivity index (χ1) is 6.59. The van der Waals surface area contributed by atoms with Gasteiger partial charge in [-0.2, -0.15) is 0 Å². The van der Waals surface area contributed by atoms with Crippen LogP contribution in [-0.4, -0.2) is 46.6 Å². The van der Waals surface area contributed by atoms with Crippen LogP contribution in [0.5, 0.6) is 0 Å². The number of Topliss-reactive ketones (excluding diaryl/α,β-unsaturated/α-hetero) is 1. The maximum absolute atomic E-state index is 11.7. The van der Waals surface area contributed by atoms with E-state index in [1.807, 2.05) is 25.7 Å². The standard InChI is InChI=1S/C11H24N2O2/c1-10(2,3)13(6-7-14)8-9(15)11(4,5)12/h14H,6-8,12H2,1-5H3. The predicted octanol–water partition coefficient (Wildman–Crippen LogP) is 0.386. The lowest BCUT2D eigenvalue weighted by molar-refractivity contribution is -0.125. The highest BCUT2D eigenvalue weighted by Crippen LogP contribution is 2.13. The number of nitrogens with two attached hydrogens (primary N) is 1. The molecule has 0 aliphatic carbocycles. The van der Waals surface area contributed by atoms with Gasteiger partial charge >= 0.3 is 0 Å². The van der Waals surface area contributed by atoms with Gasteiger partial charge in [0.2, 0.25) is 0 Å². The molecule has 4 nitrogen and oxygen atoms in total. The Hall–Kier alpha value is -0.450. The van der Waals surface area contributed by atoms with E-state index in [9.17, 15) is 4.79 Å². The minimum atomic E-state index is -0.807. The molecule has 0 fully saturated rings. The third kappa shape index (κ3) is 5.25. The monoisotopic (exact) mass is 216 g/mol. The summed E-state index contributed by atoms with van der Waals surface area (Å²) in [6, 6.07) is 0. The second-order valence-electron chi connectivity index (χ2n) is 5.46. The van der Waals surface area contributed by atoms with Gasteiger partial charge in [-0.3, -0.25) is 9.69 Å². The Balaban J connectivity index is 4.50. The van der Waals surface area contributed by atoms with Crippen LogP contribution in [0, 0.1) is 0 Å². The Bertz CT molecular complexity index is 214. The molecule has 0 amide bonds. The van der Waals surface area contributed by atoms with Crippen molar-refractivity contribution < 1.29 is 9.90 Å². The Morgan fingerprint density at radius 3 is 2.00 bits per heavy atom. The number of carbonyl (C=O) groups is 1. The predicted molar refractivity (Wildman–Crippen MR) is 61.7 cm³/mol. The second kappa shape index (κ2) is 5.05. The number of aliphatic hydroxyl groups excluding tert-OH is 1. The fourth-order valence-electron chi connectivity index (χ4n) is 1.15. The number of hydrogen-bond donors (Lipinski definition) is 2. The molecule has 4 heteroatoms. The fraction of sp³-hybridized carbons (Fsp3) is 0.909. The maximum atomic E-state index is 11.7. The highest BCUT2D eigenvalue weighted by molar-refractivity contribution is 5.89. The van der Waals surface area contributed by atoms with Crippen LogP contribution in [0.3, 0.4) is 0 Å². The Kier molecular flexibility index (Phi) is 4.90. The van der Waals surface area contributed by atoms with E-state index < -0.39 is 5.54 Å². The van der Waals surface area contributed by atoms with Crippen LogP contribution >= 0.6 is 0 Å². The van der Waals surface area contributed by atoms with Gasteiger partial charge in [0.25, 0.3) is 0 Å². The topological polar surface area (TPSA) is 66.6 Å². The molecule has 0 aliphatic rings. The highest BCUT2D eigenvalue weighted by Gasteiger charge is 2.28. The normalized spacial score (nSPS) is 13.3. The first-order valence-corrected chi connectivity index (χ1v) is 5.27. The fourth-order valence-corrected chi connectivity index (χ4v) is 1.15. The van der Waals surface area contributed by atoms with E-state index in [0.717, 1.165) is 0 Å². The average molecular weight is 216 g/mol. The van der Waals surface area contributed by atoms with Crippen molar-refractivity contribution in [3.05, 3.63) is 0 Å². The Morgan fingerprint density at radius 2 is 1.73 bits per heavy atom. The van der Waals surface area contributed by atoms with Crippen LogP contribution in [0.15, 0.2) is 0 Å². The summed E-state index contributed by atoms with van der Waals surface area (Å²) in [4.78, 5) is 13.7. The molecule has 0 saturated heterocycles. The molecule has 0 aromatic heterocycles. The van der Waals surface area contributed by atoms with Gasteiger partial charge < -0.3 is 10.8 Å². The first kappa shape index (κ1) is 14.6. The van der Waals surface area contributed by atoms with Crippen molar-refractivity contribution in [2.75, 3.05) is 19.7 Å². The number of aliphatic hydroxyl groups is 1. The van der Waals surface area contributed by atoms with Crippen LogP contribution in [0.1, 0.15) is 34.6 Å². The summed E-state index contributed by atoms with van der Waals surface area (Å²) in [5.74, 6) is -0.00845. The van der Waals surface area contributed by atoms with E-state index in [4.69, 9.17) is 10.8 Å². The van der Waals surface area contributed by atoms with Crippen LogP contribution in [-0.2, 0) is 4.79 Å². The molecule has 0 radical (unpaired) electrons. The molecule has 15 heavy (non-hydrogen) atoms. The number of hydrogen-bond acceptors (Lipinski definition) is 4. The number of β-amino-alcohol motifs (C(OH)–C–C–N with tert-alkyl or cyclic N) is 1. The summed E-state index contributed by atoms with van der Waals surface area (Å²) < 4.78 is 0. The Labute approximate surface area is 92.4 Å². The second-order valence-corrected chi connectivity index (χ2v) is 5.46. The zero-order chi connectivity index (χ0) is 12.3. The van der Waals surface area contributed by atoms with Crippen molar-refractivity contribution in [1.29, 1.82) is 0 Å². The van der Waals surface area contributed by atoms with E-state index in [-0.39, 0.29) is 24.5 Å². The van der Waals surface area contributed by atoms with Crippen molar-refractivity contribution in [2.24, 2.45) is 5.73 Å². The van der Waals surface area contributed by atoms with Gasteiger partial charge in [0.05, 0.1) is 18.7 Å². The molecule has 90 valence electrons. The van der Waals surface area contributed by atoms with E-state index in [0.29, 0.717) is 6.54 Å². The summed E-state index contributed by atoms with van der Waals surface area (Å²) in [5.41, 5.74) is 4.79. The summed E-state index contributed by atoms with van der Waals surface area (Å²) in [6.45, 7) is 10.3. The molecule has 0 aromatic carbocycles. The van der Waals surface area contributed by atoms with Gasteiger partial charge in [0, 0.05) is 12.1 Å². The SMILES string of the molecule is CC(C)(N)C(=O)CN(CCO)C(C)(C)C. The number of nitrogens with zero attached hydrogens (tertiary/aromatic N) is 1. The van der Waals surface area contributed by atoms with Gasteiger partial charge in [-0.25, -0.2) is 0 Å². The van der Waals surface area contributed by atoms with Crippen molar-refractivity contribution in [3.8, 4) is 0 Å². The lowest BCUT2D eigenvalue weighted by atomic mass is 9.98. The minimum Gasteiger partial charge on any atom is -0.395 e. The van der Waals surface area contributed by atoms with Crippen molar-refractivity contribution >= 4 is 5.78 Å². The van der Waals surface area contributed by atoms with E-state index in [1.165, 1.54) is 0 Å². The molecular formula is C11H24N2O2. The molecule has 0 aliphatic heterocycles. The summed E-state index contributed by atoms with van der Waals surface area (Å²) in [7, 11) is 0. The minimum absolute atomic E-state index is 0.00845. The van der Waals surface area contributed by atoms with Gasteiger partial charge in [-0.05, 0) is 34.6 Å². The summed E-state index contributed by atoms with van der Waals surface area (Å²) in [6.07, 6.45) is 0. The largest absolute Gasteiger partial charge is 0.395 e. The summed E-state index contributed by atoms with van der Waals surface area (Å²) in [5, 5.41) is 8.93. The van der Waals surface area contributed by atoms with E-state index >= 15 is 0 Å². The van der Waals surface area contributed by atoms with Crippen molar-refractivity contribution in [1.82, 2.24) is 4.90 Å². The molecule has 0 unspecified atom stereocenters. The first-order valence-electron chi connectivity index (χ1n) is 5.27. The van der Waals surface area contributed by atoms with Crippen LogP contribution < -0.4 is 5.73 Å². The molecule has 0 aromatic rings. The zero-order valence-corrected chi connectivity index (χ0v) is 10.5. The lowest BCUT2D eigenvalue weighted by Crippen LogP contribution is -2.52. The number of rotatable bonds is 5. The molecule has 0 saturated carbocycles. The lowest BCUT2D eigenvalue weighted by Gasteiger charge is -2.36. The van der Waals surface area contributed by atoms with Gasteiger partial charge in [-0.1, -0.05) is 0 Å². The van der Waals surface area contributed by atoms with Crippen LogP contribution in [0.4, 0.5) is 0 Å². The smallest absolute Gasteiger partial charge is 0.166 e. The third-order valence-electron chi connectivity index (χ3n) is 2.37. The third-order valence-corrected chi connectivity index (χ3v) is 2.37. The molecule has 3 N–H and O–H groups in total. The summed E-state index contributed by atoms with van der Waals surface area (Å²) >= 11 is 0. The maximum Gasteiger partial charge on any atom is 0.166 e. The van der Waals surface area contributed by atoms with Gasteiger partial charge in [0.1, 0.15) is 0 Å². The quantitative estimate of drug-likeness (QED) is 0.697. The molecule has 0 bridgehead atoms. The number of carbonyl (C=O) groups excluding carboxylic acids is 1. The molecule has 0 heterocycles. The van der Waals surface area contributed by atoms with Crippen LogP contribution in [0.25, 0.3) is 0 Å². The van der Waals surface area contributed by atoms with Crippen molar-refractivity contribution in [3.63, 3.8) is 0 Å². The molecular weight excluding hydrogens is 192 g/mol. The molecule has 0 spiro atoms. The van der Waals surface area contributed by atoms with Crippen LogP contribution in [0.2, 0.25) is 0 Å². The van der Waals surface area contributed by atoms with Gasteiger partial charge in [0.15, 0.2) is 5.78 Å². The highest BCUT2D eigenvalue weighted by atomic mass is 16.3.